The third-order valence-corrected chi connectivity index (χ3v) is 6.19. The lowest BCUT2D eigenvalue weighted by atomic mass is 9.95. The highest BCUT2D eigenvalue weighted by atomic mass is 15.0. The summed E-state index contributed by atoms with van der Waals surface area (Å²) in [5.41, 5.74) is 8.28. The van der Waals surface area contributed by atoms with Gasteiger partial charge in [-0.25, -0.2) is 4.98 Å². The highest BCUT2D eigenvalue weighted by Gasteiger charge is 2.18. The molecule has 29 heavy (non-hydrogen) atoms. The molecule has 0 fully saturated rings. The van der Waals surface area contributed by atoms with Crippen LogP contribution in [0, 0.1) is 0 Å². The molecule has 3 nitrogen and oxygen atoms in total. The molecule has 0 amide bonds. The summed E-state index contributed by atoms with van der Waals surface area (Å²) in [7, 11) is 0. The van der Waals surface area contributed by atoms with Gasteiger partial charge in [0.25, 0.3) is 0 Å². The maximum atomic E-state index is 5.19. The Hall–Kier alpha value is -3.46. The lowest BCUT2D eigenvalue weighted by molar-refractivity contribution is 1.09. The molecule has 3 heteroatoms. The second-order valence-electron chi connectivity index (χ2n) is 7.67. The number of rotatable bonds is 3. The number of pyridine rings is 2. The molecular weight excluding hydrogens is 354 g/mol. The van der Waals surface area contributed by atoms with Gasteiger partial charge >= 0.3 is 0 Å². The van der Waals surface area contributed by atoms with Gasteiger partial charge in [-0.15, -0.1) is 0 Å². The van der Waals surface area contributed by atoms with Gasteiger partial charge in [0.15, 0.2) is 0 Å². The van der Waals surface area contributed by atoms with E-state index in [-0.39, 0.29) is 0 Å². The Morgan fingerprint density at radius 3 is 2.41 bits per heavy atom. The van der Waals surface area contributed by atoms with Crippen LogP contribution in [0.5, 0.6) is 0 Å². The first-order chi connectivity index (χ1) is 14.3. The first-order valence-electron chi connectivity index (χ1n) is 10.3. The summed E-state index contributed by atoms with van der Waals surface area (Å²) in [6.07, 6.45) is 6.12. The zero-order chi connectivity index (χ0) is 19.5. The minimum Gasteiger partial charge on any atom is -0.298 e. The van der Waals surface area contributed by atoms with E-state index < -0.39 is 0 Å². The van der Waals surface area contributed by atoms with E-state index in [4.69, 9.17) is 4.98 Å². The van der Waals surface area contributed by atoms with Gasteiger partial charge in [-0.3, -0.25) is 9.38 Å². The fraction of sp³-hybridized carbons (Fsp3) is 0.154. The summed E-state index contributed by atoms with van der Waals surface area (Å²) in [4.78, 5) is 9.82. The van der Waals surface area contributed by atoms with Gasteiger partial charge in [0.05, 0.1) is 16.7 Å². The molecule has 0 aliphatic heterocycles. The molecule has 0 radical (unpaired) electrons. The Kier molecular flexibility index (Phi) is 3.42. The first-order valence-corrected chi connectivity index (χ1v) is 10.3. The lowest BCUT2D eigenvalue weighted by Gasteiger charge is -2.11. The summed E-state index contributed by atoms with van der Waals surface area (Å²) in [6, 6.07) is 19.5. The van der Waals surface area contributed by atoms with Gasteiger partial charge in [-0.1, -0.05) is 56.3 Å². The van der Waals surface area contributed by atoms with Crippen LogP contribution in [0.2, 0.25) is 0 Å². The molecule has 0 saturated carbocycles. The van der Waals surface area contributed by atoms with E-state index in [9.17, 15) is 0 Å². The van der Waals surface area contributed by atoms with E-state index in [0.29, 0.717) is 0 Å². The molecule has 0 spiro atoms. The van der Waals surface area contributed by atoms with Crippen molar-refractivity contribution >= 4 is 38.2 Å². The number of aromatic nitrogens is 3. The van der Waals surface area contributed by atoms with Crippen molar-refractivity contribution in [3.05, 3.63) is 78.1 Å². The molecule has 0 unspecified atom stereocenters. The van der Waals surface area contributed by atoms with Crippen molar-refractivity contribution in [3.8, 4) is 11.3 Å². The minimum absolute atomic E-state index is 1.00. The van der Waals surface area contributed by atoms with Crippen LogP contribution >= 0.6 is 0 Å². The monoisotopic (exact) mass is 375 g/mol. The molecular formula is C26H21N3. The Labute approximate surface area is 169 Å². The van der Waals surface area contributed by atoms with E-state index in [1.54, 1.807) is 0 Å². The number of hydrogen-bond donors (Lipinski definition) is 0. The molecule has 6 aromatic rings. The average Bonchev–Trinajstić information content (AvgIpc) is 3.23. The standard InChI is InChI=1S/C26H21N3/c1-3-16-7-5-8-17(4-2)23(16)21-15-29-22-13-14-27-20-12-11-18-9-6-10-19(26(29)28-21)24(18)25(20)22/h5-15H,3-4H2,1-2H3. The summed E-state index contributed by atoms with van der Waals surface area (Å²) in [6.45, 7) is 4.44. The Morgan fingerprint density at radius 1 is 0.828 bits per heavy atom. The van der Waals surface area contributed by atoms with Gasteiger partial charge in [-0.2, -0.15) is 0 Å². The molecule has 0 N–H and O–H groups in total. The van der Waals surface area contributed by atoms with Crippen molar-refractivity contribution in [3.63, 3.8) is 0 Å². The van der Waals surface area contributed by atoms with Crippen LogP contribution in [0.4, 0.5) is 0 Å². The first kappa shape index (κ1) is 16.5. The molecule has 140 valence electrons. The van der Waals surface area contributed by atoms with E-state index in [2.05, 4.69) is 84.0 Å². The SMILES string of the molecule is CCc1cccc(CC)c1-c1cn2c3ccnc4ccc5cccc(c5c43)c2n1. The molecule has 0 aliphatic rings. The predicted molar refractivity (Wildman–Crippen MR) is 121 cm³/mol. The summed E-state index contributed by atoms with van der Waals surface area (Å²) in [5.74, 6) is 0. The zero-order valence-electron chi connectivity index (χ0n) is 16.6. The molecule has 6 rings (SSSR count). The molecule has 3 aromatic heterocycles. The van der Waals surface area contributed by atoms with E-state index >= 15 is 0 Å². The molecule has 0 saturated heterocycles. The van der Waals surface area contributed by atoms with Gasteiger partial charge in [-0.05, 0) is 41.5 Å². The highest BCUT2D eigenvalue weighted by molar-refractivity contribution is 6.24. The summed E-state index contributed by atoms with van der Waals surface area (Å²) >= 11 is 0. The fourth-order valence-electron chi connectivity index (χ4n) is 4.84. The van der Waals surface area contributed by atoms with Crippen LogP contribution in [-0.4, -0.2) is 14.4 Å². The van der Waals surface area contributed by atoms with Crippen LogP contribution in [0.3, 0.4) is 0 Å². The minimum atomic E-state index is 1.00. The topological polar surface area (TPSA) is 30.2 Å². The molecule has 0 atom stereocenters. The number of benzene rings is 3. The summed E-state index contributed by atoms with van der Waals surface area (Å²) < 4.78 is 2.26. The maximum absolute atomic E-state index is 5.19. The van der Waals surface area contributed by atoms with Gasteiger partial charge in [0, 0.05) is 34.1 Å². The van der Waals surface area contributed by atoms with E-state index in [0.717, 1.165) is 29.7 Å². The normalized spacial score (nSPS) is 12.1. The van der Waals surface area contributed by atoms with Crippen LogP contribution in [-0.2, 0) is 12.8 Å². The van der Waals surface area contributed by atoms with E-state index in [1.165, 1.54) is 43.8 Å². The Morgan fingerprint density at radius 2 is 1.62 bits per heavy atom. The van der Waals surface area contributed by atoms with Crippen LogP contribution < -0.4 is 0 Å². The van der Waals surface area contributed by atoms with Gasteiger partial charge in [0.1, 0.15) is 5.65 Å². The van der Waals surface area contributed by atoms with Gasteiger partial charge < -0.3 is 0 Å². The third kappa shape index (κ3) is 2.18. The number of hydrogen-bond acceptors (Lipinski definition) is 2. The fourth-order valence-corrected chi connectivity index (χ4v) is 4.84. The number of nitrogens with zero attached hydrogens (tertiary/aromatic N) is 3. The Bertz CT molecular complexity index is 1410. The average molecular weight is 375 g/mol. The van der Waals surface area contributed by atoms with Crippen LogP contribution in [0.1, 0.15) is 25.0 Å². The quantitative estimate of drug-likeness (QED) is 0.334. The molecule has 0 bridgehead atoms. The van der Waals surface area contributed by atoms with Crippen LogP contribution in [0.25, 0.3) is 49.5 Å². The number of fused-ring (bicyclic) bond motifs is 3. The molecule has 3 aromatic carbocycles. The summed E-state index contributed by atoms with van der Waals surface area (Å²) in [5, 5.41) is 4.91. The smallest absolute Gasteiger partial charge is 0.145 e. The predicted octanol–water partition coefficient (Wildman–Crippen LogP) is 6.42. The number of imidazole rings is 1. The lowest BCUT2D eigenvalue weighted by Crippen LogP contribution is -1.94. The van der Waals surface area contributed by atoms with E-state index in [1.807, 2.05) is 6.20 Å². The Balaban J connectivity index is 1.82. The third-order valence-electron chi connectivity index (χ3n) is 6.19. The highest BCUT2D eigenvalue weighted by Crippen LogP contribution is 2.37. The van der Waals surface area contributed by atoms with Crippen molar-refractivity contribution in [1.29, 1.82) is 0 Å². The van der Waals surface area contributed by atoms with Crippen molar-refractivity contribution in [2.45, 2.75) is 26.7 Å². The second kappa shape index (κ2) is 6.02. The van der Waals surface area contributed by atoms with Crippen molar-refractivity contribution in [2.75, 3.05) is 0 Å². The molecule has 0 aliphatic carbocycles. The van der Waals surface area contributed by atoms with Gasteiger partial charge in [0.2, 0.25) is 0 Å². The second-order valence-corrected chi connectivity index (χ2v) is 7.67. The van der Waals surface area contributed by atoms with Crippen molar-refractivity contribution in [1.82, 2.24) is 14.4 Å². The zero-order valence-corrected chi connectivity index (χ0v) is 16.6. The molecule has 3 heterocycles. The number of aryl methyl sites for hydroxylation is 2. The van der Waals surface area contributed by atoms with Crippen molar-refractivity contribution < 1.29 is 0 Å². The van der Waals surface area contributed by atoms with Crippen molar-refractivity contribution in [2.24, 2.45) is 0 Å². The maximum Gasteiger partial charge on any atom is 0.145 e. The van der Waals surface area contributed by atoms with Crippen LogP contribution in [0.15, 0.2) is 67.0 Å². The largest absolute Gasteiger partial charge is 0.298 e.